The van der Waals surface area contributed by atoms with Crippen molar-refractivity contribution >= 4 is 54.7 Å². The van der Waals surface area contributed by atoms with Gasteiger partial charge in [-0.25, -0.2) is 16.8 Å². The van der Waals surface area contributed by atoms with Crippen LogP contribution in [-0.2, 0) is 48.5 Å². The van der Waals surface area contributed by atoms with Gasteiger partial charge >= 0.3 is 18.9 Å². The fraction of sp³-hybridized carbons (Fsp3) is 0.457. The summed E-state index contributed by atoms with van der Waals surface area (Å²) in [5.74, 6) is 4.13. The van der Waals surface area contributed by atoms with Crippen LogP contribution in [0.1, 0.15) is 50.4 Å². The third-order valence-electron chi connectivity index (χ3n) is 13.4. The van der Waals surface area contributed by atoms with Crippen molar-refractivity contribution in [3.8, 4) is 11.5 Å². The van der Waals surface area contributed by atoms with Gasteiger partial charge in [0, 0.05) is 54.8 Å². The number of rotatable bonds is 15. The van der Waals surface area contributed by atoms with Crippen molar-refractivity contribution < 1.29 is 51.4 Å². The van der Waals surface area contributed by atoms with Crippen LogP contribution in [0.2, 0.25) is 0 Å². The summed E-state index contributed by atoms with van der Waals surface area (Å²) in [5.41, 5.74) is 6.11. The zero-order chi connectivity index (χ0) is 42.2. The summed E-state index contributed by atoms with van der Waals surface area (Å²) in [7, 11) is -3.18. The van der Waals surface area contributed by atoms with Crippen LogP contribution in [0.5, 0.6) is 11.5 Å². The van der Waals surface area contributed by atoms with Crippen LogP contribution >= 0.6 is 0 Å². The van der Waals surface area contributed by atoms with E-state index >= 15 is 0 Å². The third kappa shape index (κ3) is 11.0. The second-order valence-corrected chi connectivity index (χ2v) is 20.7. The van der Waals surface area contributed by atoms with E-state index in [1.807, 2.05) is 71.6 Å². The molecule has 11 nitrogen and oxygen atoms in total. The van der Waals surface area contributed by atoms with Crippen LogP contribution in [0.15, 0.2) is 97.1 Å². The van der Waals surface area contributed by atoms with Crippen molar-refractivity contribution in [2.24, 2.45) is 23.7 Å². The standard InChI is InChI=1S/C23H28N2O4S.C23H30N2O3S.Al.Li.4H/c1-23(17-8-6-9-18(13-17)24-30(3,27)28)19-14-25(15-20(19)23)22(26)12-11-16-7-4-5-10-21(16)29-2;1-23(18-10-6-11-19(14-18)24-29(3,26)27)20-15-25(16-21(20)23)13-7-9-17-8-4-5-12-22(17)28-2;;;;;;/h4-10,13,19-20,24H,11-12,14-15H2,1-3H3;4-6,8,10-12,14,20-21,24H,7,9,13,15-16H2,1-3H3;;;;;;/q;;;+1;;;;-1. The second-order valence-electron chi connectivity index (χ2n) is 17.2. The molecule has 4 fully saturated rings. The quantitative estimate of drug-likeness (QED) is 0.174. The van der Waals surface area contributed by atoms with Crippen molar-refractivity contribution in [1.29, 1.82) is 0 Å². The molecule has 4 atom stereocenters. The molecule has 0 spiro atoms. The number of hydrogen-bond donors (Lipinski definition) is 2. The molecule has 61 heavy (non-hydrogen) atoms. The van der Waals surface area contributed by atoms with Gasteiger partial charge in [0.15, 0.2) is 17.4 Å². The largest absolute Gasteiger partial charge is 1.00 e. The SMILES string of the molecule is COc1ccccc1CCC(=O)N1CC2C(C1)C2(C)c1cccc(NS(C)(=O)=O)c1.COc1ccccc1CCCN1CC2C(C1)C2(C)c1cccc(NS(C)(=O)=O)c1.[AlH3].[H-].[Li+]. The molecule has 2 aliphatic carbocycles. The number of benzene rings is 4. The molecule has 2 heterocycles. The molecule has 4 aromatic carbocycles. The number of methoxy groups -OCH3 is 2. The number of amides is 1. The maximum Gasteiger partial charge on any atom is 1.00 e. The van der Waals surface area contributed by atoms with Gasteiger partial charge < -0.3 is 20.7 Å². The minimum atomic E-state index is -3.30. The number of nitrogens with one attached hydrogen (secondary N) is 2. The van der Waals surface area contributed by atoms with E-state index in [2.05, 4.69) is 52.5 Å². The van der Waals surface area contributed by atoms with Crippen molar-refractivity contribution in [2.75, 3.05) is 68.9 Å². The molecule has 324 valence electrons. The van der Waals surface area contributed by atoms with Crippen molar-refractivity contribution in [3.63, 3.8) is 0 Å². The molecule has 0 aromatic heterocycles. The van der Waals surface area contributed by atoms with Crippen LogP contribution in [-0.4, -0.2) is 109 Å². The van der Waals surface area contributed by atoms with E-state index in [-0.39, 0.29) is 54.4 Å². The zero-order valence-electron chi connectivity index (χ0n) is 37.0. The van der Waals surface area contributed by atoms with Gasteiger partial charge in [-0.3, -0.25) is 14.2 Å². The average molecular weight is 881 g/mol. The average Bonchev–Trinajstić information content (AvgIpc) is 3.66. The van der Waals surface area contributed by atoms with E-state index in [4.69, 9.17) is 9.47 Å². The number of carbonyl (C=O) groups excluding carboxylic acids is 1. The predicted molar refractivity (Wildman–Crippen MR) is 245 cm³/mol. The van der Waals surface area contributed by atoms with Gasteiger partial charge in [0.25, 0.3) is 0 Å². The molecule has 8 rings (SSSR count). The third-order valence-corrected chi connectivity index (χ3v) is 14.6. The second kappa shape index (κ2) is 19.5. The number of anilines is 2. The fourth-order valence-corrected chi connectivity index (χ4v) is 11.2. The van der Waals surface area contributed by atoms with Gasteiger partial charge in [0.1, 0.15) is 11.5 Å². The number of fused-ring (bicyclic) bond motifs is 2. The van der Waals surface area contributed by atoms with Crippen LogP contribution in [0.25, 0.3) is 0 Å². The molecule has 0 radical (unpaired) electrons. The van der Waals surface area contributed by atoms with Crippen LogP contribution in [0, 0.1) is 23.7 Å². The molecule has 4 aromatic rings. The Morgan fingerprint density at radius 3 is 1.54 bits per heavy atom. The first-order valence-electron chi connectivity index (χ1n) is 20.4. The first-order valence-corrected chi connectivity index (χ1v) is 24.2. The van der Waals surface area contributed by atoms with Crippen molar-refractivity contribution in [1.82, 2.24) is 9.80 Å². The molecule has 4 aliphatic rings. The monoisotopic (exact) mass is 880 g/mol. The molecule has 15 heteroatoms. The number of ether oxygens (including phenoxy) is 2. The van der Waals surface area contributed by atoms with E-state index in [1.54, 1.807) is 20.3 Å². The number of para-hydroxylation sites is 2. The smallest absolute Gasteiger partial charge is 1.00 e. The topological polar surface area (TPSA) is 134 Å². The summed E-state index contributed by atoms with van der Waals surface area (Å²) < 4.78 is 62.1. The normalized spacial score (nSPS) is 24.7. The fourth-order valence-electron chi connectivity index (χ4n) is 10.1. The van der Waals surface area contributed by atoms with Crippen LogP contribution < -0.4 is 37.8 Å². The molecule has 1 amide bonds. The molecule has 2 N–H and O–H groups in total. The predicted octanol–water partition coefficient (Wildman–Crippen LogP) is 2.50. The van der Waals surface area contributed by atoms with Gasteiger partial charge in [-0.05, 0) is 108 Å². The summed E-state index contributed by atoms with van der Waals surface area (Å²) in [6.45, 7) is 9.42. The molecule has 4 unspecified atom stereocenters. The molecule has 2 saturated heterocycles. The number of sulfonamides is 2. The van der Waals surface area contributed by atoms with E-state index in [0.29, 0.717) is 47.9 Å². The Labute approximate surface area is 387 Å². The van der Waals surface area contributed by atoms with Crippen LogP contribution in [0.3, 0.4) is 0 Å². The molecular formula is C46H62AlLiN4O7S2. The van der Waals surface area contributed by atoms with Gasteiger partial charge in [-0.1, -0.05) is 74.5 Å². The Morgan fingerprint density at radius 2 is 1.10 bits per heavy atom. The first kappa shape index (κ1) is 48.6. The van der Waals surface area contributed by atoms with E-state index < -0.39 is 20.0 Å². The van der Waals surface area contributed by atoms with Gasteiger partial charge in [-0.2, -0.15) is 0 Å². The number of nitrogens with zero attached hydrogens (tertiary/aromatic N) is 2. The summed E-state index contributed by atoms with van der Waals surface area (Å²) in [4.78, 5) is 17.3. The maximum absolute atomic E-state index is 12.8. The molecule has 2 saturated carbocycles. The minimum Gasteiger partial charge on any atom is -1.00 e. The van der Waals surface area contributed by atoms with Gasteiger partial charge in [0.2, 0.25) is 26.0 Å². The first-order chi connectivity index (χ1) is 28.0. The number of likely N-dealkylation sites (tertiary alicyclic amines) is 2. The van der Waals surface area contributed by atoms with Crippen LogP contribution in [0.4, 0.5) is 11.4 Å². The van der Waals surface area contributed by atoms with Crippen molar-refractivity contribution in [2.45, 2.75) is 50.4 Å². The minimum absolute atomic E-state index is 0. The van der Waals surface area contributed by atoms with Crippen molar-refractivity contribution in [3.05, 3.63) is 119 Å². The summed E-state index contributed by atoms with van der Waals surface area (Å²) in [5, 5.41) is 0. The Balaban J connectivity index is 0.000000260. The molecule has 2 aliphatic heterocycles. The van der Waals surface area contributed by atoms with E-state index in [1.165, 1.54) is 17.4 Å². The summed E-state index contributed by atoms with van der Waals surface area (Å²) >= 11 is 0. The molecular weight excluding hydrogens is 819 g/mol. The van der Waals surface area contributed by atoms with E-state index in [0.717, 1.165) is 74.4 Å². The Bertz CT molecular complexity index is 2390. The summed E-state index contributed by atoms with van der Waals surface area (Å²) in [6.07, 6.45) is 5.66. The Kier molecular flexibility index (Phi) is 15.5. The maximum atomic E-state index is 12.8. The Hall–Kier alpha value is -3.46. The summed E-state index contributed by atoms with van der Waals surface area (Å²) in [6, 6.07) is 31.6. The zero-order valence-corrected chi connectivity index (χ0v) is 37.6. The van der Waals surface area contributed by atoms with Gasteiger partial charge in [0.05, 0.1) is 26.7 Å². The Morgan fingerprint density at radius 1 is 0.672 bits per heavy atom. The van der Waals surface area contributed by atoms with Gasteiger partial charge in [-0.15, -0.1) is 0 Å². The number of piperidine rings is 2. The molecule has 0 bridgehead atoms. The number of aryl methyl sites for hydroxylation is 2. The van der Waals surface area contributed by atoms with E-state index in [9.17, 15) is 21.6 Å². The number of carbonyl (C=O) groups is 1. The number of hydrogen-bond acceptors (Lipinski definition) is 8.